The smallest absolute Gasteiger partial charge is 0.139 e. The number of Topliss-reactive ketones (excluding diaryl/α,β-unsaturated/α-hetero) is 1. The van der Waals surface area contributed by atoms with Gasteiger partial charge in [0.25, 0.3) is 0 Å². The highest BCUT2D eigenvalue weighted by Crippen LogP contribution is 2.62. The lowest BCUT2D eigenvalue weighted by Crippen LogP contribution is -2.32. The largest absolute Gasteiger partial charge is 0.300 e. The van der Waals surface area contributed by atoms with Crippen LogP contribution in [0.2, 0.25) is 0 Å². The zero-order chi connectivity index (χ0) is 17.7. The van der Waals surface area contributed by atoms with Gasteiger partial charge in [0.05, 0.1) is 11.7 Å². The molecule has 0 spiro atoms. The SMILES string of the molecule is C=C(CC(C)=O)[P+](c1ccccc1)(c1ccccc1)c1ccccc1. The summed E-state index contributed by atoms with van der Waals surface area (Å²) in [5.74, 6) is 0.150. The summed E-state index contributed by atoms with van der Waals surface area (Å²) in [5, 5.41) is 4.71. The summed E-state index contributed by atoms with van der Waals surface area (Å²) in [6, 6.07) is 31.5. The topological polar surface area (TPSA) is 17.1 Å². The van der Waals surface area contributed by atoms with Crippen LogP contribution in [0.25, 0.3) is 0 Å². The fourth-order valence-electron chi connectivity index (χ4n) is 3.36. The van der Waals surface area contributed by atoms with Crippen LogP contribution in [0.1, 0.15) is 13.3 Å². The minimum atomic E-state index is -2.11. The Morgan fingerprint density at radius 1 is 0.720 bits per heavy atom. The van der Waals surface area contributed by atoms with Gasteiger partial charge in [-0.25, -0.2) is 0 Å². The lowest BCUT2D eigenvalue weighted by molar-refractivity contribution is -0.116. The van der Waals surface area contributed by atoms with Crippen LogP contribution < -0.4 is 15.9 Å². The van der Waals surface area contributed by atoms with Crippen LogP contribution in [-0.2, 0) is 4.79 Å². The summed E-state index contributed by atoms with van der Waals surface area (Å²) in [4.78, 5) is 12.0. The summed E-state index contributed by atoms with van der Waals surface area (Å²) in [5.41, 5.74) is 0. The van der Waals surface area contributed by atoms with Gasteiger partial charge in [0.1, 0.15) is 29.0 Å². The van der Waals surface area contributed by atoms with E-state index in [9.17, 15) is 4.79 Å². The first kappa shape index (κ1) is 17.3. The normalized spacial score (nSPS) is 11.1. The molecule has 0 aliphatic rings. The fourth-order valence-corrected chi connectivity index (χ4v) is 7.66. The molecule has 0 unspecified atom stereocenters. The van der Waals surface area contributed by atoms with Crippen LogP contribution in [-0.4, -0.2) is 5.78 Å². The van der Waals surface area contributed by atoms with E-state index in [0.717, 1.165) is 5.31 Å². The first-order valence-electron chi connectivity index (χ1n) is 8.39. The van der Waals surface area contributed by atoms with Crippen LogP contribution in [0, 0.1) is 0 Å². The number of benzene rings is 3. The van der Waals surface area contributed by atoms with E-state index in [1.807, 2.05) is 18.2 Å². The van der Waals surface area contributed by atoms with Crippen LogP contribution in [0.4, 0.5) is 0 Å². The highest BCUT2D eigenvalue weighted by Gasteiger charge is 2.48. The minimum absolute atomic E-state index is 0.150. The van der Waals surface area contributed by atoms with E-state index in [0.29, 0.717) is 6.42 Å². The maximum Gasteiger partial charge on any atom is 0.139 e. The summed E-state index contributed by atoms with van der Waals surface area (Å²) in [6.07, 6.45) is 0.395. The monoisotopic (exact) mass is 345 g/mol. The highest BCUT2D eigenvalue weighted by molar-refractivity contribution is 7.99. The lowest BCUT2D eigenvalue weighted by atomic mass is 10.3. The van der Waals surface area contributed by atoms with Crippen LogP contribution in [0.3, 0.4) is 0 Å². The van der Waals surface area contributed by atoms with Gasteiger partial charge in [0, 0.05) is 0 Å². The Balaban J connectivity index is 2.36. The van der Waals surface area contributed by atoms with Crippen LogP contribution >= 0.6 is 7.26 Å². The van der Waals surface area contributed by atoms with Crippen molar-refractivity contribution in [3.05, 3.63) is 103 Å². The standard InChI is InChI=1S/C23H22OP/c1-19(24)18-20(2)25(21-12-6-3-7-13-21,22-14-8-4-9-15-22)23-16-10-5-11-17-23/h3-17H,2,18H2,1H3/q+1. The van der Waals surface area contributed by atoms with Gasteiger partial charge in [0.15, 0.2) is 0 Å². The Labute approximate surface area is 150 Å². The van der Waals surface area contributed by atoms with Crippen molar-refractivity contribution in [2.45, 2.75) is 13.3 Å². The molecule has 0 fully saturated rings. The van der Waals surface area contributed by atoms with Gasteiger partial charge < -0.3 is 0 Å². The summed E-state index contributed by atoms with van der Waals surface area (Å²) in [6.45, 7) is 6.06. The molecule has 3 aromatic carbocycles. The molecule has 0 aromatic heterocycles. The van der Waals surface area contributed by atoms with Crippen molar-refractivity contribution in [2.75, 3.05) is 0 Å². The molecule has 0 radical (unpaired) electrons. The van der Waals surface area contributed by atoms with E-state index < -0.39 is 7.26 Å². The number of hydrogen-bond donors (Lipinski definition) is 0. The fraction of sp³-hybridized carbons (Fsp3) is 0.0870. The lowest BCUT2D eigenvalue weighted by Gasteiger charge is -2.28. The molecule has 3 rings (SSSR count). The van der Waals surface area contributed by atoms with Crippen molar-refractivity contribution in [1.29, 1.82) is 0 Å². The number of carbonyl (C=O) groups is 1. The predicted molar refractivity (Wildman–Crippen MR) is 110 cm³/mol. The number of ketones is 1. The minimum Gasteiger partial charge on any atom is -0.300 e. The van der Waals surface area contributed by atoms with Crippen molar-refractivity contribution >= 4 is 29.0 Å². The highest BCUT2D eigenvalue weighted by atomic mass is 31.2. The average molecular weight is 345 g/mol. The van der Waals surface area contributed by atoms with Gasteiger partial charge in [-0.15, -0.1) is 0 Å². The average Bonchev–Trinajstić information content (AvgIpc) is 2.64. The molecule has 3 aromatic rings. The van der Waals surface area contributed by atoms with Gasteiger partial charge in [-0.05, 0) is 43.3 Å². The summed E-state index contributed by atoms with van der Waals surface area (Å²) < 4.78 is 0. The molecule has 1 nitrogen and oxygen atoms in total. The van der Waals surface area contributed by atoms with E-state index in [-0.39, 0.29) is 5.78 Å². The van der Waals surface area contributed by atoms with E-state index in [1.165, 1.54) is 15.9 Å². The molecular weight excluding hydrogens is 323 g/mol. The van der Waals surface area contributed by atoms with Crippen molar-refractivity contribution in [3.63, 3.8) is 0 Å². The predicted octanol–water partition coefficient (Wildman–Crippen LogP) is 4.47. The summed E-state index contributed by atoms with van der Waals surface area (Å²) in [7, 11) is -2.11. The number of allylic oxidation sites excluding steroid dienone is 1. The maximum absolute atomic E-state index is 12.0. The first-order chi connectivity index (χ1) is 12.2. The van der Waals surface area contributed by atoms with Crippen LogP contribution in [0.5, 0.6) is 0 Å². The Bertz CT molecular complexity index is 758. The number of carbonyl (C=O) groups excluding carboxylic acids is 1. The third-order valence-corrected chi connectivity index (χ3v) is 8.68. The van der Waals surface area contributed by atoms with Gasteiger partial charge >= 0.3 is 0 Å². The molecule has 0 saturated carbocycles. The van der Waals surface area contributed by atoms with E-state index in [1.54, 1.807) is 6.92 Å². The van der Waals surface area contributed by atoms with Gasteiger partial charge in [-0.3, -0.25) is 4.79 Å². The van der Waals surface area contributed by atoms with E-state index in [4.69, 9.17) is 0 Å². The molecule has 124 valence electrons. The molecule has 0 aliphatic heterocycles. The third-order valence-electron chi connectivity index (χ3n) is 4.36. The molecule has 0 saturated heterocycles. The zero-order valence-electron chi connectivity index (χ0n) is 14.4. The quantitative estimate of drug-likeness (QED) is 0.602. The molecule has 0 aliphatic carbocycles. The Morgan fingerprint density at radius 2 is 1.04 bits per heavy atom. The maximum atomic E-state index is 12.0. The molecule has 25 heavy (non-hydrogen) atoms. The van der Waals surface area contributed by atoms with Crippen LogP contribution in [0.15, 0.2) is 103 Å². The molecule has 0 amide bonds. The van der Waals surface area contributed by atoms with Crippen molar-refractivity contribution < 1.29 is 4.79 Å². The number of hydrogen-bond acceptors (Lipinski definition) is 1. The van der Waals surface area contributed by atoms with Crippen molar-refractivity contribution in [2.24, 2.45) is 0 Å². The second kappa shape index (κ2) is 7.59. The van der Waals surface area contributed by atoms with Gasteiger partial charge in [-0.1, -0.05) is 61.2 Å². The Morgan fingerprint density at radius 3 is 1.32 bits per heavy atom. The third kappa shape index (κ3) is 3.34. The molecule has 0 bridgehead atoms. The van der Waals surface area contributed by atoms with E-state index >= 15 is 0 Å². The molecule has 0 N–H and O–H groups in total. The molecule has 2 heteroatoms. The second-order valence-electron chi connectivity index (χ2n) is 6.12. The Hall–Kier alpha value is -2.50. The van der Waals surface area contributed by atoms with E-state index in [2.05, 4.69) is 79.4 Å². The molecule has 0 heterocycles. The van der Waals surface area contributed by atoms with Gasteiger partial charge in [0.2, 0.25) is 0 Å². The molecular formula is C23H22OP+. The Kier molecular flexibility index (Phi) is 5.26. The number of rotatable bonds is 6. The molecule has 0 atom stereocenters. The first-order valence-corrected chi connectivity index (χ1v) is 10.2. The van der Waals surface area contributed by atoms with Gasteiger partial charge in [-0.2, -0.15) is 0 Å². The zero-order valence-corrected chi connectivity index (χ0v) is 15.3. The summed E-state index contributed by atoms with van der Waals surface area (Å²) >= 11 is 0. The second-order valence-corrected chi connectivity index (χ2v) is 9.65. The van der Waals surface area contributed by atoms with Crippen molar-refractivity contribution in [3.8, 4) is 0 Å². The van der Waals surface area contributed by atoms with Crippen molar-refractivity contribution in [1.82, 2.24) is 0 Å².